The molecule has 0 saturated heterocycles. The topological polar surface area (TPSA) is 55.5 Å². The Morgan fingerprint density at radius 1 is 1.04 bits per heavy atom. The third-order valence-electron chi connectivity index (χ3n) is 5.40. The Hall–Kier alpha value is -2.37. The number of aliphatic hydroxyl groups is 1. The fraction of sp³-hybridized carbons (Fsp3) is 0.286. The van der Waals surface area contributed by atoms with Crippen LogP contribution in [0.1, 0.15) is 27.7 Å². The zero-order valence-electron chi connectivity index (χ0n) is 15.5. The zero-order chi connectivity index (χ0) is 18.5. The number of rotatable bonds is 4. The van der Waals surface area contributed by atoms with Crippen LogP contribution in [0.25, 0.3) is 32.7 Å². The summed E-state index contributed by atoms with van der Waals surface area (Å²) >= 11 is 0. The Balaban J connectivity index is 1.84. The Labute approximate surface area is 153 Å². The largest absolute Gasteiger partial charge is 0.456 e. The molecule has 0 saturated carbocycles. The molecular weight excluding hydrogens is 325 g/mol. The van der Waals surface area contributed by atoms with Gasteiger partial charge < -0.3 is 14.2 Å². The van der Waals surface area contributed by atoms with Crippen LogP contribution in [-0.4, -0.2) is 28.8 Å². The summed E-state index contributed by atoms with van der Waals surface area (Å²) in [6.07, 6.45) is 3.65. The first kappa shape index (κ1) is 17.1. The number of hydrogen-bond donors (Lipinski definition) is 1. The smallest absolute Gasteiger partial charge is 0.310 e. The molecule has 0 fully saturated rings. The van der Waals surface area contributed by atoms with Gasteiger partial charge in [-0.1, -0.05) is 12.1 Å². The monoisotopic (exact) mass is 347 g/mol. The van der Waals surface area contributed by atoms with Crippen molar-refractivity contribution in [3.8, 4) is 0 Å². The first-order chi connectivity index (χ1) is 12.3. The molecule has 0 aliphatic rings. The van der Waals surface area contributed by atoms with E-state index in [-0.39, 0.29) is 0 Å². The van der Waals surface area contributed by atoms with Crippen molar-refractivity contribution < 1.29 is 14.2 Å². The summed E-state index contributed by atoms with van der Waals surface area (Å²) in [7, 11) is 0.397. The summed E-state index contributed by atoms with van der Waals surface area (Å²) in [5.41, 5.74) is 1.12. The lowest BCUT2D eigenvalue weighted by Gasteiger charge is -2.37. The lowest BCUT2D eigenvalue weighted by Crippen LogP contribution is -2.49. The van der Waals surface area contributed by atoms with Crippen molar-refractivity contribution >= 4 is 45.7 Å². The molecule has 0 unspecified atom stereocenters. The van der Waals surface area contributed by atoms with E-state index >= 15 is 0 Å². The van der Waals surface area contributed by atoms with Gasteiger partial charge in [-0.25, -0.2) is 0 Å². The molecule has 5 heteroatoms. The highest BCUT2D eigenvalue weighted by molar-refractivity contribution is 6.53. The predicted molar refractivity (Wildman–Crippen MR) is 107 cm³/mol. The molecule has 0 amide bonds. The highest BCUT2D eigenvalue weighted by Gasteiger charge is 2.35. The fourth-order valence-electron chi connectivity index (χ4n) is 3.04. The summed E-state index contributed by atoms with van der Waals surface area (Å²) in [6, 6.07) is 12.2. The maximum atomic E-state index is 10.3. The average Bonchev–Trinajstić information content (AvgIpc) is 2.95. The van der Waals surface area contributed by atoms with Crippen molar-refractivity contribution in [1.82, 2.24) is 4.98 Å². The fourth-order valence-corrected chi connectivity index (χ4v) is 3.04. The zero-order valence-corrected chi connectivity index (χ0v) is 15.5. The van der Waals surface area contributed by atoms with Crippen molar-refractivity contribution in [2.45, 2.75) is 38.9 Å². The van der Waals surface area contributed by atoms with E-state index in [9.17, 15) is 5.11 Å². The molecule has 4 rings (SSSR count). The van der Waals surface area contributed by atoms with E-state index in [4.69, 9.17) is 9.07 Å². The molecule has 2 heterocycles. The van der Waals surface area contributed by atoms with Gasteiger partial charge in [-0.05, 0) is 62.8 Å². The maximum absolute atomic E-state index is 10.3. The lowest BCUT2D eigenvalue weighted by atomic mass is 9.80. The Bertz CT molecular complexity index is 1110. The van der Waals surface area contributed by atoms with Gasteiger partial charge in [0.25, 0.3) is 0 Å². The third kappa shape index (κ3) is 2.77. The Morgan fingerprint density at radius 2 is 1.85 bits per heavy atom. The summed E-state index contributed by atoms with van der Waals surface area (Å²) in [5.74, 6) is 0. The van der Waals surface area contributed by atoms with Crippen LogP contribution in [0.4, 0.5) is 0 Å². The van der Waals surface area contributed by atoms with E-state index in [1.807, 2.05) is 44.3 Å². The van der Waals surface area contributed by atoms with Crippen LogP contribution in [0.2, 0.25) is 0 Å². The van der Waals surface area contributed by atoms with Crippen LogP contribution < -0.4 is 5.46 Å². The molecule has 26 heavy (non-hydrogen) atoms. The SMILES string of the molecule is CC(C)(O)C(C)(C)OBc1cccc2oc3cc4ccncc4cc3c12. The molecule has 2 aromatic heterocycles. The molecule has 1 N–H and O–H groups in total. The molecule has 132 valence electrons. The highest BCUT2D eigenvalue weighted by Crippen LogP contribution is 2.31. The van der Waals surface area contributed by atoms with Gasteiger partial charge in [0.05, 0.1) is 11.2 Å². The van der Waals surface area contributed by atoms with E-state index in [0.717, 1.165) is 38.2 Å². The van der Waals surface area contributed by atoms with Crippen molar-refractivity contribution in [3.05, 3.63) is 48.8 Å². The van der Waals surface area contributed by atoms with Crippen molar-refractivity contribution in [1.29, 1.82) is 0 Å². The van der Waals surface area contributed by atoms with Crippen molar-refractivity contribution in [2.24, 2.45) is 0 Å². The Morgan fingerprint density at radius 3 is 2.62 bits per heavy atom. The van der Waals surface area contributed by atoms with Gasteiger partial charge in [0.1, 0.15) is 11.2 Å². The summed E-state index contributed by atoms with van der Waals surface area (Å²) < 4.78 is 12.2. The molecular formula is C21H22BNO3. The number of benzene rings is 2. The number of aromatic nitrogens is 1. The van der Waals surface area contributed by atoms with E-state index in [1.165, 1.54) is 0 Å². The highest BCUT2D eigenvalue weighted by atomic mass is 16.5. The standard InChI is InChI=1S/C21H22BNO3/c1-20(2,24)21(3,4)26-22-16-6-5-7-17-19(16)15-10-14-12-23-9-8-13(14)11-18(15)25-17/h5-12,22,24H,1-4H3. The second-order valence-electron chi connectivity index (χ2n) is 7.82. The van der Waals surface area contributed by atoms with E-state index in [1.54, 1.807) is 20.0 Å². The number of fused-ring (bicyclic) bond motifs is 4. The van der Waals surface area contributed by atoms with E-state index in [0.29, 0.717) is 7.48 Å². The second kappa shape index (κ2) is 5.83. The number of furan rings is 1. The van der Waals surface area contributed by atoms with Gasteiger partial charge in [-0.15, -0.1) is 0 Å². The van der Waals surface area contributed by atoms with E-state index in [2.05, 4.69) is 17.1 Å². The molecule has 0 atom stereocenters. The first-order valence-corrected chi connectivity index (χ1v) is 8.80. The van der Waals surface area contributed by atoms with Crippen LogP contribution in [0.15, 0.2) is 53.2 Å². The molecule has 2 aromatic carbocycles. The van der Waals surface area contributed by atoms with Crippen molar-refractivity contribution in [2.75, 3.05) is 0 Å². The second-order valence-corrected chi connectivity index (χ2v) is 7.82. The number of nitrogens with zero attached hydrogens (tertiary/aromatic N) is 1. The van der Waals surface area contributed by atoms with Gasteiger partial charge in [0.15, 0.2) is 0 Å². The Kier molecular flexibility index (Phi) is 3.83. The van der Waals surface area contributed by atoms with Gasteiger partial charge in [0.2, 0.25) is 0 Å². The van der Waals surface area contributed by atoms with Crippen LogP contribution >= 0.6 is 0 Å². The molecule has 0 radical (unpaired) electrons. The molecule has 0 spiro atoms. The lowest BCUT2D eigenvalue weighted by molar-refractivity contribution is -0.0893. The summed E-state index contributed by atoms with van der Waals surface area (Å²) in [4.78, 5) is 4.22. The molecule has 0 aliphatic carbocycles. The van der Waals surface area contributed by atoms with E-state index < -0.39 is 11.2 Å². The quantitative estimate of drug-likeness (QED) is 0.572. The third-order valence-corrected chi connectivity index (χ3v) is 5.40. The van der Waals surface area contributed by atoms with Crippen LogP contribution in [-0.2, 0) is 4.65 Å². The molecule has 0 bridgehead atoms. The van der Waals surface area contributed by atoms with Crippen LogP contribution in [0.3, 0.4) is 0 Å². The van der Waals surface area contributed by atoms with Crippen LogP contribution in [0, 0.1) is 0 Å². The predicted octanol–water partition coefficient (Wildman–Crippen LogP) is 3.68. The minimum absolute atomic E-state index is 0.397. The normalized spacial score (nSPS) is 13.0. The number of pyridine rings is 1. The molecule has 4 nitrogen and oxygen atoms in total. The van der Waals surface area contributed by atoms with Gasteiger partial charge in [-0.2, -0.15) is 0 Å². The minimum atomic E-state index is -0.943. The molecule has 4 aromatic rings. The van der Waals surface area contributed by atoms with Gasteiger partial charge in [-0.3, -0.25) is 4.98 Å². The van der Waals surface area contributed by atoms with Crippen molar-refractivity contribution in [3.63, 3.8) is 0 Å². The summed E-state index contributed by atoms with van der Waals surface area (Å²) in [5, 5.41) is 14.6. The van der Waals surface area contributed by atoms with Gasteiger partial charge in [0, 0.05) is 28.6 Å². The van der Waals surface area contributed by atoms with Crippen LogP contribution in [0.5, 0.6) is 0 Å². The molecule has 0 aliphatic heterocycles. The van der Waals surface area contributed by atoms with Gasteiger partial charge >= 0.3 is 7.48 Å². The number of hydrogen-bond acceptors (Lipinski definition) is 4. The minimum Gasteiger partial charge on any atom is -0.456 e. The maximum Gasteiger partial charge on any atom is 0.310 e. The summed E-state index contributed by atoms with van der Waals surface area (Å²) in [6.45, 7) is 7.33. The average molecular weight is 347 g/mol. The first-order valence-electron chi connectivity index (χ1n) is 8.80.